The van der Waals surface area contributed by atoms with Gasteiger partial charge < -0.3 is 15.5 Å². The SMILES string of the molecule is CCC1CCNC(C(=O)NCC2CCCN(C)C2)C1. The molecule has 2 aliphatic heterocycles. The van der Waals surface area contributed by atoms with Gasteiger partial charge in [0.1, 0.15) is 0 Å². The van der Waals surface area contributed by atoms with Gasteiger partial charge >= 0.3 is 0 Å². The summed E-state index contributed by atoms with van der Waals surface area (Å²) < 4.78 is 0. The molecule has 2 rings (SSSR count). The second-order valence-electron chi connectivity index (χ2n) is 6.32. The van der Waals surface area contributed by atoms with Crippen molar-refractivity contribution in [3.63, 3.8) is 0 Å². The molecule has 0 spiro atoms. The zero-order valence-corrected chi connectivity index (χ0v) is 12.5. The number of rotatable bonds is 4. The van der Waals surface area contributed by atoms with Gasteiger partial charge in [0.05, 0.1) is 6.04 Å². The number of nitrogens with zero attached hydrogens (tertiary/aromatic N) is 1. The summed E-state index contributed by atoms with van der Waals surface area (Å²) in [7, 11) is 2.17. The van der Waals surface area contributed by atoms with E-state index in [2.05, 4.69) is 29.5 Å². The van der Waals surface area contributed by atoms with Crippen LogP contribution in [0.1, 0.15) is 39.0 Å². The normalized spacial score (nSPS) is 33.1. The summed E-state index contributed by atoms with van der Waals surface area (Å²) in [5.41, 5.74) is 0. The van der Waals surface area contributed by atoms with Gasteiger partial charge in [0, 0.05) is 13.1 Å². The van der Waals surface area contributed by atoms with Crippen LogP contribution in [0.15, 0.2) is 0 Å². The van der Waals surface area contributed by atoms with Crippen molar-refractivity contribution in [3.8, 4) is 0 Å². The second-order valence-corrected chi connectivity index (χ2v) is 6.32. The Morgan fingerprint density at radius 2 is 2.21 bits per heavy atom. The topological polar surface area (TPSA) is 44.4 Å². The van der Waals surface area contributed by atoms with Crippen LogP contribution >= 0.6 is 0 Å². The molecule has 2 saturated heterocycles. The monoisotopic (exact) mass is 267 g/mol. The number of carbonyl (C=O) groups is 1. The summed E-state index contributed by atoms with van der Waals surface area (Å²) in [5.74, 6) is 1.57. The average molecular weight is 267 g/mol. The molecule has 2 N–H and O–H groups in total. The van der Waals surface area contributed by atoms with E-state index in [-0.39, 0.29) is 11.9 Å². The first kappa shape index (κ1) is 14.8. The van der Waals surface area contributed by atoms with Crippen LogP contribution < -0.4 is 10.6 Å². The van der Waals surface area contributed by atoms with Crippen LogP contribution in [0.2, 0.25) is 0 Å². The third-order valence-electron chi connectivity index (χ3n) is 4.69. The molecule has 0 aromatic rings. The van der Waals surface area contributed by atoms with Gasteiger partial charge in [-0.25, -0.2) is 0 Å². The van der Waals surface area contributed by atoms with E-state index in [1.807, 2.05) is 0 Å². The maximum absolute atomic E-state index is 12.2. The first-order chi connectivity index (χ1) is 9.19. The van der Waals surface area contributed by atoms with Crippen molar-refractivity contribution < 1.29 is 4.79 Å². The first-order valence-electron chi connectivity index (χ1n) is 7.88. The van der Waals surface area contributed by atoms with Gasteiger partial charge in [0.2, 0.25) is 5.91 Å². The molecule has 0 radical (unpaired) electrons. The number of likely N-dealkylation sites (tertiary alicyclic amines) is 1. The molecular formula is C15H29N3O. The minimum atomic E-state index is 0.0417. The Morgan fingerprint density at radius 1 is 1.37 bits per heavy atom. The van der Waals surface area contributed by atoms with Crippen LogP contribution in [0.4, 0.5) is 0 Å². The van der Waals surface area contributed by atoms with Crippen molar-refractivity contribution in [2.75, 3.05) is 33.2 Å². The van der Waals surface area contributed by atoms with Gasteiger partial charge in [-0.3, -0.25) is 4.79 Å². The summed E-state index contributed by atoms with van der Waals surface area (Å²) in [4.78, 5) is 14.6. The van der Waals surface area contributed by atoms with Crippen molar-refractivity contribution in [2.24, 2.45) is 11.8 Å². The molecule has 4 heteroatoms. The van der Waals surface area contributed by atoms with Crippen LogP contribution in [0.25, 0.3) is 0 Å². The lowest BCUT2D eigenvalue weighted by Gasteiger charge is -2.32. The lowest BCUT2D eigenvalue weighted by Crippen LogP contribution is -2.50. The minimum Gasteiger partial charge on any atom is -0.354 e. The smallest absolute Gasteiger partial charge is 0.237 e. The molecule has 3 unspecified atom stereocenters. The van der Waals surface area contributed by atoms with Gasteiger partial charge in [0.25, 0.3) is 0 Å². The number of hydrogen-bond donors (Lipinski definition) is 2. The Hall–Kier alpha value is -0.610. The summed E-state index contributed by atoms with van der Waals surface area (Å²) in [6, 6.07) is 0.0417. The van der Waals surface area contributed by atoms with E-state index in [9.17, 15) is 4.79 Å². The first-order valence-corrected chi connectivity index (χ1v) is 7.88. The van der Waals surface area contributed by atoms with Gasteiger partial charge in [0.15, 0.2) is 0 Å². The largest absolute Gasteiger partial charge is 0.354 e. The molecule has 0 aromatic carbocycles. The molecular weight excluding hydrogens is 238 g/mol. The molecule has 3 atom stereocenters. The lowest BCUT2D eigenvalue weighted by molar-refractivity contribution is -0.124. The van der Waals surface area contributed by atoms with Crippen molar-refractivity contribution in [1.29, 1.82) is 0 Å². The van der Waals surface area contributed by atoms with Gasteiger partial charge in [-0.05, 0) is 57.7 Å². The summed E-state index contributed by atoms with van der Waals surface area (Å²) in [5, 5.41) is 6.52. The third kappa shape index (κ3) is 4.46. The second kappa shape index (κ2) is 7.25. The molecule has 110 valence electrons. The Balaban J connectivity index is 1.71. The number of nitrogens with one attached hydrogen (secondary N) is 2. The molecule has 19 heavy (non-hydrogen) atoms. The Morgan fingerprint density at radius 3 is 2.95 bits per heavy atom. The zero-order chi connectivity index (χ0) is 13.7. The van der Waals surface area contributed by atoms with Gasteiger partial charge in [-0.1, -0.05) is 13.3 Å². The van der Waals surface area contributed by atoms with Crippen LogP contribution in [0.5, 0.6) is 0 Å². The van der Waals surface area contributed by atoms with E-state index in [0.29, 0.717) is 5.92 Å². The maximum Gasteiger partial charge on any atom is 0.237 e. The highest BCUT2D eigenvalue weighted by molar-refractivity contribution is 5.81. The van der Waals surface area contributed by atoms with Crippen LogP contribution in [-0.4, -0.2) is 50.1 Å². The predicted octanol–water partition coefficient (Wildman–Crippen LogP) is 1.22. The number of carbonyl (C=O) groups excluding carboxylic acids is 1. The van der Waals surface area contributed by atoms with Crippen molar-refractivity contribution in [3.05, 3.63) is 0 Å². The molecule has 0 bridgehead atoms. The van der Waals surface area contributed by atoms with Crippen molar-refractivity contribution in [2.45, 2.75) is 45.1 Å². The van der Waals surface area contributed by atoms with E-state index in [1.165, 1.54) is 32.2 Å². The van der Waals surface area contributed by atoms with Crippen LogP contribution in [0, 0.1) is 11.8 Å². The quantitative estimate of drug-likeness (QED) is 0.805. The molecule has 0 saturated carbocycles. The third-order valence-corrected chi connectivity index (χ3v) is 4.69. The van der Waals surface area contributed by atoms with Gasteiger partial charge in [-0.15, -0.1) is 0 Å². The van der Waals surface area contributed by atoms with Crippen LogP contribution in [-0.2, 0) is 4.79 Å². The standard InChI is InChI=1S/C15H29N3O/c1-3-12-6-7-16-14(9-12)15(19)17-10-13-5-4-8-18(2)11-13/h12-14,16H,3-11H2,1-2H3,(H,17,19). The fourth-order valence-corrected chi connectivity index (χ4v) is 3.37. The maximum atomic E-state index is 12.2. The Labute approximate surface area is 117 Å². The van der Waals surface area contributed by atoms with E-state index in [0.717, 1.165) is 32.0 Å². The lowest BCUT2D eigenvalue weighted by atomic mass is 9.90. The minimum absolute atomic E-state index is 0.0417. The van der Waals surface area contributed by atoms with Crippen molar-refractivity contribution in [1.82, 2.24) is 15.5 Å². The fourth-order valence-electron chi connectivity index (χ4n) is 3.37. The molecule has 2 fully saturated rings. The highest BCUT2D eigenvalue weighted by Crippen LogP contribution is 2.19. The Kier molecular flexibility index (Phi) is 5.64. The number of hydrogen-bond acceptors (Lipinski definition) is 3. The highest BCUT2D eigenvalue weighted by Gasteiger charge is 2.26. The molecule has 1 amide bonds. The predicted molar refractivity (Wildman–Crippen MR) is 78.0 cm³/mol. The fraction of sp³-hybridized carbons (Fsp3) is 0.933. The molecule has 0 aromatic heterocycles. The van der Waals surface area contributed by atoms with E-state index < -0.39 is 0 Å². The molecule has 2 heterocycles. The summed E-state index contributed by atoms with van der Waals surface area (Å²) >= 11 is 0. The number of amides is 1. The average Bonchev–Trinajstić information content (AvgIpc) is 2.45. The zero-order valence-electron chi connectivity index (χ0n) is 12.5. The van der Waals surface area contributed by atoms with E-state index in [1.54, 1.807) is 0 Å². The van der Waals surface area contributed by atoms with Gasteiger partial charge in [-0.2, -0.15) is 0 Å². The van der Waals surface area contributed by atoms with Crippen LogP contribution in [0.3, 0.4) is 0 Å². The van der Waals surface area contributed by atoms with E-state index in [4.69, 9.17) is 0 Å². The molecule has 4 nitrogen and oxygen atoms in total. The summed E-state index contributed by atoms with van der Waals surface area (Å²) in [6.45, 7) is 6.38. The van der Waals surface area contributed by atoms with E-state index >= 15 is 0 Å². The molecule has 2 aliphatic rings. The Bertz CT molecular complexity index is 295. The summed E-state index contributed by atoms with van der Waals surface area (Å²) in [6.07, 6.45) is 5.93. The highest BCUT2D eigenvalue weighted by atomic mass is 16.2. The number of piperidine rings is 2. The van der Waals surface area contributed by atoms with Crippen molar-refractivity contribution >= 4 is 5.91 Å². The molecule has 0 aliphatic carbocycles.